The molecule has 1 aliphatic rings. The Morgan fingerprint density at radius 2 is 2.21 bits per heavy atom. The molecule has 0 saturated carbocycles. The summed E-state index contributed by atoms with van der Waals surface area (Å²) in [5.41, 5.74) is 8.93. The van der Waals surface area contributed by atoms with E-state index >= 15 is 0 Å². The molecule has 10 nitrogen and oxygen atoms in total. The number of carbonyl (C=O) groups is 1. The normalized spacial score (nSPS) is 17.3. The number of nitrogens with one attached hydrogen (secondary N) is 1. The monoisotopic (exact) mass is 415 g/mol. The van der Waals surface area contributed by atoms with Crippen LogP contribution < -0.4 is 20.7 Å². The van der Waals surface area contributed by atoms with Gasteiger partial charge in [-0.3, -0.25) is 5.32 Å². The minimum Gasteiger partial charge on any atom is -0.497 e. The number of methoxy groups -OCH3 is 1. The molecule has 3 aromatic rings. The molecule has 4 rings (SSSR count). The number of anilines is 3. The zero-order valence-corrected chi connectivity index (χ0v) is 16.8. The third-order valence-electron chi connectivity index (χ3n) is 4.59. The molecule has 1 atom stereocenters. The van der Waals surface area contributed by atoms with E-state index in [1.54, 1.807) is 41.9 Å². The number of nitrogens with two attached hydrogens (primary N) is 1. The van der Waals surface area contributed by atoms with Crippen LogP contribution in [0.1, 0.15) is 6.92 Å². The van der Waals surface area contributed by atoms with Gasteiger partial charge in [-0.1, -0.05) is 6.07 Å². The Kier molecular flexibility index (Phi) is 5.32. The molecule has 2 aromatic heterocycles. The van der Waals surface area contributed by atoms with Crippen LogP contribution >= 0.6 is 11.3 Å². The fraction of sp³-hybridized carbons (Fsp3) is 0.333. The summed E-state index contributed by atoms with van der Waals surface area (Å²) in [7, 11) is 1.57. The van der Waals surface area contributed by atoms with E-state index in [1.165, 1.54) is 11.3 Å². The van der Waals surface area contributed by atoms with Crippen molar-refractivity contribution >= 4 is 45.2 Å². The van der Waals surface area contributed by atoms with Crippen LogP contribution in [0.3, 0.4) is 0 Å². The number of benzene rings is 1. The smallest absolute Gasteiger partial charge is 0.430 e. The first-order chi connectivity index (χ1) is 14.0. The van der Waals surface area contributed by atoms with Crippen molar-refractivity contribution in [3.63, 3.8) is 0 Å². The lowest BCUT2D eigenvalue weighted by molar-refractivity contribution is -0.103. The van der Waals surface area contributed by atoms with Crippen molar-refractivity contribution in [2.24, 2.45) is 0 Å². The molecule has 152 valence electrons. The lowest BCUT2D eigenvalue weighted by Gasteiger charge is -2.39. The van der Waals surface area contributed by atoms with Crippen LogP contribution in [-0.4, -0.2) is 58.9 Å². The average Bonchev–Trinajstić information content (AvgIpc) is 3.16. The molecule has 0 radical (unpaired) electrons. The molecule has 29 heavy (non-hydrogen) atoms. The summed E-state index contributed by atoms with van der Waals surface area (Å²) in [5, 5.41) is 4.35. The average molecular weight is 415 g/mol. The van der Waals surface area contributed by atoms with Gasteiger partial charge in [-0.25, -0.2) is 14.8 Å². The summed E-state index contributed by atoms with van der Waals surface area (Å²) in [5.74, 6) is 1.59. The van der Waals surface area contributed by atoms with Crippen LogP contribution in [0.15, 0.2) is 29.8 Å². The van der Waals surface area contributed by atoms with Crippen LogP contribution in [0, 0.1) is 0 Å². The topological polar surface area (TPSA) is 119 Å². The summed E-state index contributed by atoms with van der Waals surface area (Å²) >= 11 is 1.43. The highest BCUT2D eigenvalue weighted by atomic mass is 32.1. The Balaban J connectivity index is 1.40. The van der Waals surface area contributed by atoms with Gasteiger partial charge in [-0.15, -0.1) is 16.4 Å². The van der Waals surface area contributed by atoms with Crippen LogP contribution in [0.2, 0.25) is 0 Å². The molecular formula is C18H21N7O3S. The molecule has 1 fully saturated rings. The zero-order chi connectivity index (χ0) is 20.4. The van der Waals surface area contributed by atoms with Gasteiger partial charge in [0, 0.05) is 24.3 Å². The number of ether oxygens (including phenoxy) is 1. The zero-order valence-electron chi connectivity index (χ0n) is 16.0. The number of nitrogens with zero attached hydrogens (tertiary/aromatic N) is 5. The minimum absolute atomic E-state index is 0.0348. The fourth-order valence-electron chi connectivity index (χ4n) is 3.24. The molecule has 0 unspecified atom stereocenters. The second-order valence-corrected chi connectivity index (χ2v) is 7.41. The summed E-state index contributed by atoms with van der Waals surface area (Å²) < 4.78 is 5.16. The lowest BCUT2D eigenvalue weighted by Crippen LogP contribution is -2.53. The van der Waals surface area contributed by atoms with Crippen molar-refractivity contribution in [3.05, 3.63) is 29.8 Å². The molecule has 1 aliphatic heterocycles. The van der Waals surface area contributed by atoms with Gasteiger partial charge in [-0.05, 0) is 19.1 Å². The van der Waals surface area contributed by atoms with Crippen molar-refractivity contribution < 1.29 is 14.4 Å². The van der Waals surface area contributed by atoms with Gasteiger partial charge in [0.05, 0.1) is 25.7 Å². The van der Waals surface area contributed by atoms with E-state index < -0.39 is 6.09 Å². The fourth-order valence-corrected chi connectivity index (χ4v) is 3.90. The molecule has 1 saturated heterocycles. The highest BCUT2D eigenvalue weighted by molar-refractivity contribution is 7.16. The second-order valence-electron chi connectivity index (χ2n) is 6.58. The molecule has 3 heterocycles. The third-order valence-corrected chi connectivity index (χ3v) is 5.31. The molecule has 0 bridgehead atoms. The van der Waals surface area contributed by atoms with E-state index in [9.17, 15) is 4.79 Å². The maximum absolute atomic E-state index is 12.2. The van der Waals surface area contributed by atoms with Crippen LogP contribution in [0.4, 0.5) is 22.2 Å². The number of hydroxylamine groups is 2. The third kappa shape index (κ3) is 4.15. The van der Waals surface area contributed by atoms with Crippen LogP contribution in [-0.2, 0) is 4.84 Å². The van der Waals surface area contributed by atoms with Gasteiger partial charge >= 0.3 is 6.09 Å². The first-order valence-corrected chi connectivity index (χ1v) is 9.93. The number of carbonyl (C=O) groups excluding carboxylic acids is 1. The number of amides is 1. The maximum atomic E-state index is 12.2. The van der Waals surface area contributed by atoms with E-state index in [1.807, 2.05) is 6.92 Å². The molecule has 3 N–H and O–H groups in total. The first-order valence-electron chi connectivity index (χ1n) is 9.05. The number of fused-ring (bicyclic) bond motifs is 1. The maximum Gasteiger partial charge on any atom is 0.430 e. The van der Waals surface area contributed by atoms with Crippen molar-refractivity contribution in [3.8, 4) is 5.75 Å². The van der Waals surface area contributed by atoms with Crippen LogP contribution in [0.25, 0.3) is 10.3 Å². The van der Waals surface area contributed by atoms with Crippen molar-refractivity contribution in [2.45, 2.75) is 13.0 Å². The molecule has 1 amide bonds. The Morgan fingerprint density at radius 1 is 1.34 bits per heavy atom. The van der Waals surface area contributed by atoms with Gasteiger partial charge < -0.3 is 20.2 Å². The summed E-state index contributed by atoms with van der Waals surface area (Å²) in [6.07, 6.45) is -0.549. The van der Waals surface area contributed by atoms with Crippen molar-refractivity contribution in [2.75, 3.05) is 42.7 Å². The quantitative estimate of drug-likeness (QED) is 0.662. The van der Waals surface area contributed by atoms with E-state index in [0.29, 0.717) is 36.9 Å². The predicted molar refractivity (Wildman–Crippen MR) is 111 cm³/mol. The predicted octanol–water partition coefficient (Wildman–Crippen LogP) is 2.35. The second kappa shape index (κ2) is 8.05. The summed E-state index contributed by atoms with van der Waals surface area (Å²) in [6, 6.07) is 7.12. The molecule has 11 heteroatoms. The van der Waals surface area contributed by atoms with Crippen molar-refractivity contribution in [1.29, 1.82) is 0 Å². The lowest BCUT2D eigenvalue weighted by atomic mass is 10.2. The van der Waals surface area contributed by atoms with Crippen molar-refractivity contribution in [1.82, 2.24) is 20.0 Å². The van der Waals surface area contributed by atoms with E-state index in [4.69, 9.17) is 15.3 Å². The standard InChI is InChI=1S/C18H21N7O3S/c1-11-9-24(28-18(26)21-12-4-3-5-13(8-12)27-2)6-7-25(11)15-14-16(29-10-20-14)23-17(19)22-15/h3-5,8,10-11H,6-7,9H2,1-2H3,(H,21,26)(H2,19,22,23)/t11-/m0/s1. The van der Waals surface area contributed by atoms with Gasteiger partial charge in [0.1, 0.15) is 11.3 Å². The van der Waals surface area contributed by atoms with E-state index in [-0.39, 0.29) is 12.0 Å². The van der Waals surface area contributed by atoms with E-state index in [2.05, 4.69) is 25.2 Å². The first kappa shape index (κ1) is 19.2. The number of piperazine rings is 1. The van der Waals surface area contributed by atoms with Gasteiger partial charge in [0.2, 0.25) is 5.95 Å². The number of rotatable bonds is 4. The highest BCUT2D eigenvalue weighted by Gasteiger charge is 2.29. The van der Waals surface area contributed by atoms with E-state index in [0.717, 1.165) is 10.3 Å². The SMILES string of the molecule is COc1cccc(NC(=O)ON2CCN(c3nc(N)nc4scnc34)[C@@H](C)C2)c1. The van der Waals surface area contributed by atoms with Gasteiger partial charge in [0.25, 0.3) is 0 Å². The molecule has 0 aliphatic carbocycles. The summed E-state index contributed by atoms with van der Waals surface area (Å²) in [4.78, 5) is 33.6. The Morgan fingerprint density at radius 3 is 3.00 bits per heavy atom. The Bertz CT molecular complexity index is 1030. The number of thiazole rings is 1. The molecular weight excluding hydrogens is 394 g/mol. The number of hydrogen-bond donors (Lipinski definition) is 2. The van der Waals surface area contributed by atoms with Gasteiger partial charge in [-0.2, -0.15) is 4.98 Å². The van der Waals surface area contributed by atoms with Crippen LogP contribution in [0.5, 0.6) is 5.75 Å². The van der Waals surface area contributed by atoms with Gasteiger partial charge in [0.15, 0.2) is 10.6 Å². The number of aromatic nitrogens is 3. The largest absolute Gasteiger partial charge is 0.497 e. The number of nitrogen functional groups attached to an aromatic ring is 1. The number of hydrogen-bond acceptors (Lipinski definition) is 10. The Hall–Kier alpha value is -3.18. The molecule has 0 spiro atoms. The molecule has 1 aromatic carbocycles. The minimum atomic E-state index is -0.549. The highest BCUT2D eigenvalue weighted by Crippen LogP contribution is 2.28. The summed E-state index contributed by atoms with van der Waals surface area (Å²) in [6.45, 7) is 3.68. The Labute approximate surface area is 171 Å².